The monoisotopic (exact) mass is 462 g/mol. The zero-order valence-electron chi connectivity index (χ0n) is 12.9. The summed E-state index contributed by atoms with van der Waals surface area (Å²) in [5.74, 6) is -10.0. The Labute approximate surface area is 148 Å². The van der Waals surface area contributed by atoms with Crippen LogP contribution in [0, 0.1) is 0 Å². The molecule has 7 nitrogen and oxygen atoms in total. The lowest BCUT2D eigenvalue weighted by atomic mass is 10.2. The number of alkyl halides is 10. The van der Waals surface area contributed by atoms with Gasteiger partial charge >= 0.3 is 39.7 Å². The lowest BCUT2D eigenvalue weighted by Gasteiger charge is -2.27. The summed E-state index contributed by atoms with van der Waals surface area (Å²) in [6.45, 7) is -0.358. The van der Waals surface area contributed by atoms with E-state index in [1.54, 1.807) is 0 Å². The number of esters is 2. The smallest absolute Gasteiger partial charge is 0.432 e. The van der Waals surface area contributed by atoms with E-state index in [-0.39, 0.29) is 6.92 Å². The molecule has 0 saturated carbocycles. The summed E-state index contributed by atoms with van der Waals surface area (Å²) < 4.78 is 161. The molecule has 0 aromatic carbocycles. The molecule has 0 spiro atoms. The molecule has 0 aromatic heterocycles. The summed E-state index contributed by atoms with van der Waals surface area (Å²) >= 11 is 0. The minimum atomic E-state index is -6.81. The van der Waals surface area contributed by atoms with Crippen LogP contribution in [0.15, 0.2) is 0 Å². The molecule has 0 aliphatic heterocycles. The van der Waals surface area contributed by atoms with Crippen molar-refractivity contribution in [3.05, 3.63) is 0 Å². The summed E-state index contributed by atoms with van der Waals surface area (Å²) in [4.78, 5) is 22.1. The van der Waals surface area contributed by atoms with Gasteiger partial charge in [-0.15, -0.1) is 0 Å². The fourth-order valence-corrected chi connectivity index (χ4v) is 1.84. The second-order valence-electron chi connectivity index (χ2n) is 4.99. The van der Waals surface area contributed by atoms with Crippen LogP contribution in [0.5, 0.6) is 0 Å². The summed E-state index contributed by atoms with van der Waals surface area (Å²) in [5.41, 5.74) is 0. The third-order valence-corrected chi connectivity index (χ3v) is 3.39. The van der Waals surface area contributed by atoms with Crippen LogP contribution >= 0.6 is 0 Å². The molecule has 0 saturated heterocycles. The number of carbonyl (C=O) groups excluding carboxylic acids is 2. The molecule has 0 aromatic rings. The Morgan fingerprint density at radius 3 is 1.39 bits per heavy atom. The van der Waals surface area contributed by atoms with Gasteiger partial charge in [-0.1, -0.05) is 0 Å². The van der Waals surface area contributed by atoms with Crippen molar-refractivity contribution in [2.45, 2.75) is 49.1 Å². The van der Waals surface area contributed by atoms with Crippen molar-refractivity contribution in [2.24, 2.45) is 0 Å². The number of carbonyl (C=O) groups is 2. The van der Waals surface area contributed by atoms with E-state index in [9.17, 15) is 61.9 Å². The van der Waals surface area contributed by atoms with E-state index in [0.29, 0.717) is 0 Å². The Kier molecular flexibility index (Phi) is 7.36. The molecule has 0 fully saturated rings. The minimum absolute atomic E-state index is 0.358. The average Bonchev–Trinajstić information content (AvgIpc) is 2.36. The number of rotatable bonds is 7. The maximum absolute atomic E-state index is 13.1. The first-order chi connectivity index (χ1) is 12.0. The van der Waals surface area contributed by atoms with E-state index in [2.05, 4.69) is 9.47 Å². The Morgan fingerprint density at radius 2 is 1.14 bits per heavy atom. The zero-order chi connectivity index (χ0) is 22.9. The minimum Gasteiger partial charge on any atom is -0.446 e. The van der Waals surface area contributed by atoms with Crippen LogP contribution in [-0.4, -0.2) is 60.6 Å². The predicted molar refractivity (Wildman–Crippen MR) is 63.6 cm³/mol. The van der Waals surface area contributed by atoms with Gasteiger partial charge in [0.2, 0.25) is 0 Å². The van der Waals surface area contributed by atoms with Crippen LogP contribution in [0.1, 0.15) is 13.3 Å². The SMILES string of the molecule is CC(F)(F)C(OC(=O)CC(=O)OC(C(F)(F)F)C(F)(F)S(=O)(=O)O)C(F)(F)F. The van der Waals surface area contributed by atoms with Gasteiger partial charge in [0, 0.05) is 6.92 Å². The molecule has 28 heavy (non-hydrogen) atoms. The van der Waals surface area contributed by atoms with Crippen LogP contribution in [-0.2, 0) is 29.2 Å². The van der Waals surface area contributed by atoms with Gasteiger partial charge in [0.15, 0.2) is 0 Å². The van der Waals surface area contributed by atoms with Crippen LogP contribution in [0.25, 0.3) is 0 Å². The van der Waals surface area contributed by atoms with Crippen molar-refractivity contribution in [2.75, 3.05) is 0 Å². The molecular formula is C10H8F10O7S. The highest BCUT2D eigenvalue weighted by molar-refractivity contribution is 7.86. The van der Waals surface area contributed by atoms with E-state index in [1.165, 1.54) is 0 Å². The number of hydrogen-bond acceptors (Lipinski definition) is 6. The van der Waals surface area contributed by atoms with E-state index in [4.69, 9.17) is 4.55 Å². The van der Waals surface area contributed by atoms with Crippen LogP contribution in [0.4, 0.5) is 43.9 Å². The molecule has 2 atom stereocenters. The fraction of sp³-hybridized carbons (Fsp3) is 0.800. The quantitative estimate of drug-likeness (QED) is 0.268. The fourth-order valence-electron chi connectivity index (χ4n) is 1.38. The van der Waals surface area contributed by atoms with Gasteiger partial charge in [-0.25, -0.2) is 8.78 Å². The van der Waals surface area contributed by atoms with Crippen molar-refractivity contribution in [3.8, 4) is 0 Å². The normalized spacial score (nSPS) is 16.3. The van der Waals surface area contributed by atoms with Crippen molar-refractivity contribution >= 4 is 22.1 Å². The van der Waals surface area contributed by atoms with Gasteiger partial charge in [-0.2, -0.15) is 43.5 Å². The lowest BCUT2D eigenvalue weighted by Crippen LogP contribution is -2.52. The van der Waals surface area contributed by atoms with Gasteiger partial charge in [0.1, 0.15) is 6.42 Å². The third kappa shape index (κ3) is 6.95. The summed E-state index contributed by atoms with van der Waals surface area (Å²) in [6.07, 6.45) is -23.6. The molecule has 0 heterocycles. The number of halogens is 10. The van der Waals surface area contributed by atoms with Crippen molar-refractivity contribution < 1.29 is 75.9 Å². The first-order valence-corrected chi connectivity index (χ1v) is 7.70. The van der Waals surface area contributed by atoms with Crippen LogP contribution in [0.2, 0.25) is 0 Å². The largest absolute Gasteiger partial charge is 0.446 e. The van der Waals surface area contributed by atoms with E-state index in [1.807, 2.05) is 0 Å². The summed E-state index contributed by atoms with van der Waals surface area (Å²) in [7, 11) is -6.81. The van der Waals surface area contributed by atoms with Gasteiger partial charge in [0.05, 0.1) is 0 Å². The van der Waals surface area contributed by atoms with Gasteiger partial charge < -0.3 is 9.47 Å². The lowest BCUT2D eigenvalue weighted by molar-refractivity contribution is -0.274. The maximum Gasteiger partial charge on any atom is 0.432 e. The zero-order valence-corrected chi connectivity index (χ0v) is 13.8. The van der Waals surface area contributed by atoms with E-state index < -0.39 is 64.2 Å². The predicted octanol–water partition coefficient (Wildman–Crippen LogP) is 2.46. The second kappa shape index (κ2) is 7.88. The van der Waals surface area contributed by atoms with Crippen molar-refractivity contribution in [1.29, 1.82) is 0 Å². The Morgan fingerprint density at radius 1 is 0.821 bits per heavy atom. The average molecular weight is 462 g/mol. The number of ether oxygens (including phenoxy) is 2. The Balaban J connectivity index is 5.42. The molecule has 2 unspecified atom stereocenters. The van der Waals surface area contributed by atoms with Crippen LogP contribution < -0.4 is 0 Å². The highest BCUT2D eigenvalue weighted by Crippen LogP contribution is 2.38. The highest BCUT2D eigenvalue weighted by Gasteiger charge is 2.66. The standard InChI is InChI=1S/C10H8F10O7S/c1-7(11,12)5(8(13,14)15)26-3(21)2-4(22)27-6(9(16,17)18)10(19,20)28(23,24)25/h5-6H,2H2,1H3,(H,23,24,25). The maximum atomic E-state index is 13.1. The van der Waals surface area contributed by atoms with Gasteiger partial charge in [0.25, 0.3) is 18.1 Å². The van der Waals surface area contributed by atoms with E-state index in [0.717, 1.165) is 0 Å². The molecule has 0 aliphatic carbocycles. The van der Waals surface area contributed by atoms with Gasteiger partial charge in [-0.3, -0.25) is 14.1 Å². The van der Waals surface area contributed by atoms with Crippen molar-refractivity contribution in [1.82, 2.24) is 0 Å². The highest BCUT2D eigenvalue weighted by atomic mass is 32.2. The third-order valence-electron chi connectivity index (χ3n) is 2.49. The molecule has 18 heteroatoms. The Hall–Kier alpha value is -1.85. The Bertz CT molecular complexity index is 677. The summed E-state index contributed by atoms with van der Waals surface area (Å²) in [5, 5.41) is -6.17. The first-order valence-electron chi connectivity index (χ1n) is 6.26. The molecule has 166 valence electrons. The molecular weight excluding hydrogens is 454 g/mol. The van der Waals surface area contributed by atoms with Crippen LogP contribution in [0.3, 0.4) is 0 Å². The summed E-state index contributed by atoms with van der Waals surface area (Å²) in [6, 6.07) is 0. The molecule has 1 N–H and O–H groups in total. The molecule has 0 rings (SSSR count). The number of hydrogen-bond donors (Lipinski definition) is 1. The molecule has 0 aliphatic rings. The van der Waals surface area contributed by atoms with Gasteiger partial charge in [-0.05, 0) is 0 Å². The first kappa shape index (κ1) is 26.1. The van der Waals surface area contributed by atoms with E-state index >= 15 is 0 Å². The molecule has 0 radical (unpaired) electrons. The molecule has 0 amide bonds. The molecule has 0 bridgehead atoms. The topological polar surface area (TPSA) is 107 Å². The second-order valence-corrected chi connectivity index (χ2v) is 6.49. The van der Waals surface area contributed by atoms with Crippen molar-refractivity contribution in [3.63, 3.8) is 0 Å².